The summed E-state index contributed by atoms with van der Waals surface area (Å²) in [7, 11) is 0. The number of carbonyl (C=O) groups excluding carboxylic acids is 1. The number of nitrogens with zero attached hydrogens (tertiary/aromatic N) is 3. The molecule has 8 nitrogen and oxygen atoms in total. The summed E-state index contributed by atoms with van der Waals surface area (Å²) in [6.45, 7) is 2.23. The van der Waals surface area contributed by atoms with Crippen molar-refractivity contribution < 1.29 is 19.2 Å². The van der Waals surface area contributed by atoms with Gasteiger partial charge in [0.25, 0.3) is 0 Å². The van der Waals surface area contributed by atoms with E-state index in [2.05, 4.69) is 15.5 Å². The molecule has 1 aromatic heterocycles. The number of aliphatic carboxylic acids is 1. The Bertz CT molecular complexity index is 488. The summed E-state index contributed by atoms with van der Waals surface area (Å²) in [4.78, 5) is 28.7. The molecule has 2 N–H and O–H groups in total. The van der Waals surface area contributed by atoms with Gasteiger partial charge in [0.2, 0.25) is 5.89 Å². The Balaban J connectivity index is 1.96. The molecule has 2 rings (SSSR count). The monoisotopic (exact) mass is 282 g/mol. The van der Waals surface area contributed by atoms with Crippen LogP contribution in [0, 0.1) is 6.92 Å². The average molecular weight is 282 g/mol. The standard InChI is InChI=1S/C12H18N4O4/c1-8-14-10(20-15-8)7-13-12(19)16-6-4-2-3-5-9(16)11(17)18/h9H,2-7H2,1H3,(H,13,19)(H,17,18). The molecule has 1 saturated heterocycles. The van der Waals surface area contributed by atoms with Crippen LogP contribution in [0.4, 0.5) is 4.79 Å². The van der Waals surface area contributed by atoms with Gasteiger partial charge in [0.15, 0.2) is 5.82 Å². The molecule has 0 saturated carbocycles. The Morgan fingerprint density at radius 1 is 1.45 bits per heavy atom. The van der Waals surface area contributed by atoms with E-state index >= 15 is 0 Å². The molecule has 1 fully saturated rings. The number of aromatic nitrogens is 2. The van der Waals surface area contributed by atoms with E-state index in [1.54, 1.807) is 6.92 Å². The van der Waals surface area contributed by atoms with Crippen LogP contribution in [-0.4, -0.2) is 44.7 Å². The average Bonchev–Trinajstić information content (AvgIpc) is 2.68. The minimum Gasteiger partial charge on any atom is -0.480 e. The first kappa shape index (κ1) is 14.3. The molecule has 2 amide bonds. The van der Waals surface area contributed by atoms with E-state index in [9.17, 15) is 14.7 Å². The minimum atomic E-state index is -0.962. The molecule has 0 aromatic carbocycles. The molecule has 8 heteroatoms. The summed E-state index contributed by atoms with van der Waals surface area (Å²) < 4.78 is 4.89. The maximum Gasteiger partial charge on any atom is 0.326 e. The van der Waals surface area contributed by atoms with Gasteiger partial charge in [0.1, 0.15) is 6.04 Å². The fourth-order valence-electron chi connectivity index (χ4n) is 2.27. The van der Waals surface area contributed by atoms with Gasteiger partial charge in [0, 0.05) is 6.54 Å². The van der Waals surface area contributed by atoms with Gasteiger partial charge in [0.05, 0.1) is 6.54 Å². The zero-order chi connectivity index (χ0) is 14.5. The van der Waals surface area contributed by atoms with Crippen molar-refractivity contribution in [1.29, 1.82) is 0 Å². The Morgan fingerprint density at radius 3 is 2.90 bits per heavy atom. The summed E-state index contributed by atoms with van der Waals surface area (Å²) in [6, 6.07) is -1.17. The van der Waals surface area contributed by atoms with Gasteiger partial charge in [-0.25, -0.2) is 9.59 Å². The van der Waals surface area contributed by atoms with E-state index in [0.717, 1.165) is 19.3 Å². The number of carboxylic acid groups (broad SMARTS) is 1. The van der Waals surface area contributed by atoms with E-state index < -0.39 is 18.0 Å². The van der Waals surface area contributed by atoms with Crippen LogP contribution in [0.5, 0.6) is 0 Å². The summed E-state index contributed by atoms with van der Waals surface area (Å²) >= 11 is 0. The highest BCUT2D eigenvalue weighted by atomic mass is 16.5. The van der Waals surface area contributed by atoms with Crippen LogP contribution in [0.25, 0.3) is 0 Å². The number of aryl methyl sites for hydroxylation is 1. The highest BCUT2D eigenvalue weighted by Crippen LogP contribution is 2.17. The van der Waals surface area contributed by atoms with Crippen LogP contribution in [0.3, 0.4) is 0 Å². The van der Waals surface area contributed by atoms with Crippen molar-refractivity contribution in [2.75, 3.05) is 6.54 Å². The molecule has 1 aliphatic heterocycles. The van der Waals surface area contributed by atoms with Crippen molar-refractivity contribution in [3.05, 3.63) is 11.7 Å². The Kier molecular flexibility index (Phi) is 4.54. The number of urea groups is 1. The number of likely N-dealkylation sites (tertiary alicyclic amines) is 1. The molecular formula is C12H18N4O4. The van der Waals surface area contributed by atoms with Gasteiger partial charge in [-0.15, -0.1) is 0 Å². The van der Waals surface area contributed by atoms with Gasteiger partial charge in [-0.3, -0.25) is 0 Å². The number of hydrogen-bond acceptors (Lipinski definition) is 5. The highest BCUT2D eigenvalue weighted by molar-refractivity contribution is 5.82. The Labute approximate surface area is 116 Å². The molecule has 1 aromatic rings. The van der Waals surface area contributed by atoms with Gasteiger partial charge < -0.3 is 19.8 Å². The number of carbonyl (C=O) groups is 2. The lowest BCUT2D eigenvalue weighted by atomic mass is 10.1. The van der Waals surface area contributed by atoms with Crippen molar-refractivity contribution in [3.8, 4) is 0 Å². The number of nitrogens with one attached hydrogen (secondary N) is 1. The second-order valence-corrected chi connectivity index (χ2v) is 4.79. The first-order valence-electron chi connectivity index (χ1n) is 6.64. The van der Waals surface area contributed by atoms with Gasteiger partial charge >= 0.3 is 12.0 Å². The molecule has 0 spiro atoms. The van der Waals surface area contributed by atoms with Gasteiger partial charge in [-0.05, 0) is 19.8 Å². The van der Waals surface area contributed by atoms with Crippen molar-refractivity contribution in [1.82, 2.24) is 20.4 Å². The lowest BCUT2D eigenvalue weighted by Gasteiger charge is -2.26. The normalized spacial score (nSPS) is 19.4. The summed E-state index contributed by atoms with van der Waals surface area (Å²) in [5, 5.41) is 15.5. The maximum atomic E-state index is 12.1. The molecule has 1 unspecified atom stereocenters. The van der Waals surface area contributed by atoms with Crippen molar-refractivity contribution >= 4 is 12.0 Å². The molecule has 0 radical (unpaired) electrons. The van der Waals surface area contributed by atoms with Crippen LogP contribution < -0.4 is 5.32 Å². The summed E-state index contributed by atoms with van der Waals surface area (Å²) in [5.74, 6) is -0.166. The first-order valence-corrected chi connectivity index (χ1v) is 6.64. The third kappa shape index (κ3) is 3.46. The third-order valence-corrected chi connectivity index (χ3v) is 3.26. The highest BCUT2D eigenvalue weighted by Gasteiger charge is 2.30. The lowest BCUT2D eigenvalue weighted by molar-refractivity contribution is -0.142. The van der Waals surface area contributed by atoms with Gasteiger partial charge in [-0.2, -0.15) is 4.98 Å². The number of carboxylic acids is 1. The molecule has 0 aliphatic carbocycles. The molecule has 2 heterocycles. The van der Waals surface area contributed by atoms with E-state index in [-0.39, 0.29) is 6.54 Å². The lowest BCUT2D eigenvalue weighted by Crippen LogP contribution is -2.49. The summed E-state index contributed by atoms with van der Waals surface area (Å²) in [6.07, 6.45) is 3.07. The van der Waals surface area contributed by atoms with E-state index in [4.69, 9.17) is 4.52 Å². The topological polar surface area (TPSA) is 109 Å². The fraction of sp³-hybridized carbons (Fsp3) is 0.667. The van der Waals surface area contributed by atoms with Crippen LogP contribution in [0.1, 0.15) is 37.4 Å². The zero-order valence-electron chi connectivity index (χ0n) is 11.3. The second-order valence-electron chi connectivity index (χ2n) is 4.79. The molecule has 110 valence electrons. The maximum absolute atomic E-state index is 12.1. The molecule has 1 atom stereocenters. The van der Waals surface area contributed by atoms with Crippen molar-refractivity contribution in [2.24, 2.45) is 0 Å². The predicted octanol–water partition coefficient (Wildman–Crippen LogP) is 0.917. The third-order valence-electron chi connectivity index (χ3n) is 3.26. The first-order chi connectivity index (χ1) is 9.58. The predicted molar refractivity (Wildman–Crippen MR) is 67.9 cm³/mol. The fourth-order valence-corrected chi connectivity index (χ4v) is 2.27. The largest absolute Gasteiger partial charge is 0.480 e. The Hall–Kier alpha value is -2.12. The molecule has 20 heavy (non-hydrogen) atoms. The van der Waals surface area contributed by atoms with Gasteiger partial charge in [-0.1, -0.05) is 18.0 Å². The van der Waals surface area contributed by atoms with Crippen LogP contribution in [0.15, 0.2) is 4.52 Å². The van der Waals surface area contributed by atoms with Crippen molar-refractivity contribution in [3.63, 3.8) is 0 Å². The van der Waals surface area contributed by atoms with Crippen molar-refractivity contribution in [2.45, 2.75) is 45.2 Å². The Morgan fingerprint density at radius 2 is 2.25 bits per heavy atom. The minimum absolute atomic E-state index is 0.0997. The van der Waals surface area contributed by atoms with E-state index in [0.29, 0.717) is 24.7 Å². The quantitative estimate of drug-likeness (QED) is 0.853. The molecule has 0 bridgehead atoms. The molecule has 1 aliphatic rings. The zero-order valence-corrected chi connectivity index (χ0v) is 11.3. The van der Waals surface area contributed by atoms with Crippen LogP contribution >= 0.6 is 0 Å². The number of amides is 2. The van der Waals surface area contributed by atoms with Crippen LogP contribution in [-0.2, 0) is 11.3 Å². The smallest absolute Gasteiger partial charge is 0.326 e. The van der Waals surface area contributed by atoms with E-state index in [1.807, 2.05) is 0 Å². The SMILES string of the molecule is Cc1noc(CNC(=O)N2CCCCCC2C(=O)O)n1. The number of hydrogen-bond donors (Lipinski definition) is 2. The molecular weight excluding hydrogens is 264 g/mol. The number of rotatable bonds is 3. The second kappa shape index (κ2) is 6.36. The van der Waals surface area contributed by atoms with E-state index in [1.165, 1.54) is 4.90 Å². The summed E-state index contributed by atoms with van der Waals surface area (Å²) in [5.41, 5.74) is 0. The van der Waals surface area contributed by atoms with Crippen LogP contribution in [0.2, 0.25) is 0 Å².